The number of hydrogen-bond donors (Lipinski definition) is 1. The molecule has 0 aliphatic heterocycles. The minimum atomic E-state index is -0.121. The number of hydrogen-bond acceptors (Lipinski definition) is 1. The Kier molecular flexibility index (Phi) is 4.73. The van der Waals surface area contributed by atoms with Crippen molar-refractivity contribution in [1.29, 1.82) is 0 Å². The van der Waals surface area contributed by atoms with Crippen molar-refractivity contribution >= 4 is 17.5 Å². The summed E-state index contributed by atoms with van der Waals surface area (Å²) in [5.74, 6) is 5.77. The van der Waals surface area contributed by atoms with Gasteiger partial charge in [-0.15, -0.1) is 17.5 Å². The van der Waals surface area contributed by atoms with Gasteiger partial charge in [0.2, 0.25) is 0 Å². The lowest BCUT2D eigenvalue weighted by molar-refractivity contribution is 0.0958. The zero-order valence-corrected chi connectivity index (χ0v) is 9.27. The molecule has 1 aromatic carbocycles. The Morgan fingerprint density at radius 2 is 2.33 bits per heavy atom. The molecule has 0 atom stereocenters. The number of carbonyl (C=O) groups excluding carboxylic acids is 1. The average Bonchev–Trinajstić information content (AvgIpc) is 2.29. The van der Waals surface area contributed by atoms with E-state index in [9.17, 15) is 4.79 Å². The molecule has 1 aromatic rings. The molecule has 2 nitrogen and oxygen atoms in total. The van der Waals surface area contributed by atoms with E-state index in [1.165, 1.54) is 0 Å². The van der Waals surface area contributed by atoms with E-state index in [-0.39, 0.29) is 5.91 Å². The predicted molar refractivity (Wildman–Crippen MR) is 61.8 cm³/mol. The lowest BCUT2D eigenvalue weighted by Crippen LogP contribution is -2.23. The van der Waals surface area contributed by atoms with Gasteiger partial charge in [0.25, 0.3) is 5.91 Å². The fourth-order valence-electron chi connectivity index (χ4n) is 1.11. The molecule has 0 spiro atoms. The first-order valence-electron chi connectivity index (χ1n) is 4.60. The molecule has 0 bridgehead atoms. The number of halogens is 1. The molecule has 78 valence electrons. The van der Waals surface area contributed by atoms with Gasteiger partial charge in [0, 0.05) is 11.4 Å². The molecule has 0 aliphatic carbocycles. The number of alkyl halides is 1. The summed E-state index contributed by atoms with van der Waals surface area (Å²) in [5, 5.41) is 2.70. The highest BCUT2D eigenvalue weighted by molar-refractivity contribution is 6.17. The third-order valence-corrected chi connectivity index (χ3v) is 2.17. The quantitative estimate of drug-likeness (QED) is 0.615. The Balaban J connectivity index is 2.67. The fourth-order valence-corrected chi connectivity index (χ4v) is 1.28. The summed E-state index contributed by atoms with van der Waals surface area (Å²) in [6, 6.07) is 7.24. The van der Waals surface area contributed by atoms with E-state index in [0.29, 0.717) is 18.0 Å². The van der Waals surface area contributed by atoms with Crippen molar-refractivity contribution < 1.29 is 4.79 Å². The first-order valence-corrected chi connectivity index (χ1v) is 5.14. The molecule has 0 unspecified atom stereocenters. The van der Waals surface area contributed by atoms with Gasteiger partial charge in [-0.1, -0.05) is 18.1 Å². The predicted octanol–water partition coefficient (Wildman–Crippen LogP) is 2.18. The second-order valence-corrected chi connectivity index (χ2v) is 3.21. The Morgan fingerprint density at radius 3 is 3.00 bits per heavy atom. The van der Waals surface area contributed by atoms with Gasteiger partial charge in [-0.05, 0) is 24.6 Å². The standard InChI is InChI=1S/C12H12ClNO/c1-2-3-7-14-12(15)11-6-4-5-10(8-11)9-13/h4-6,8H,7,9H2,1H3,(H,14,15). The first kappa shape index (κ1) is 11.6. The van der Waals surface area contributed by atoms with E-state index >= 15 is 0 Å². The molecule has 1 amide bonds. The molecule has 0 aliphatic rings. The molecule has 0 aromatic heterocycles. The van der Waals surface area contributed by atoms with Gasteiger partial charge in [0.1, 0.15) is 0 Å². The largest absolute Gasteiger partial charge is 0.341 e. The average molecular weight is 222 g/mol. The molecule has 1 N–H and O–H groups in total. The second-order valence-electron chi connectivity index (χ2n) is 2.94. The zero-order chi connectivity index (χ0) is 11.1. The molecule has 0 saturated heterocycles. The summed E-state index contributed by atoms with van der Waals surface area (Å²) in [5.41, 5.74) is 1.55. The van der Waals surface area contributed by atoms with Crippen LogP contribution in [0.4, 0.5) is 0 Å². The summed E-state index contributed by atoms with van der Waals surface area (Å²) in [6.45, 7) is 2.11. The maximum atomic E-state index is 11.6. The highest BCUT2D eigenvalue weighted by Crippen LogP contribution is 2.07. The minimum Gasteiger partial charge on any atom is -0.341 e. The Morgan fingerprint density at radius 1 is 1.53 bits per heavy atom. The fraction of sp³-hybridized carbons (Fsp3) is 0.250. The van der Waals surface area contributed by atoms with Crippen molar-refractivity contribution in [2.75, 3.05) is 6.54 Å². The van der Waals surface area contributed by atoms with Crippen LogP contribution in [0.1, 0.15) is 22.8 Å². The van der Waals surface area contributed by atoms with Gasteiger partial charge >= 0.3 is 0 Å². The highest BCUT2D eigenvalue weighted by Gasteiger charge is 2.03. The van der Waals surface area contributed by atoms with Crippen LogP contribution in [-0.4, -0.2) is 12.5 Å². The van der Waals surface area contributed by atoms with Crippen LogP contribution in [0.25, 0.3) is 0 Å². The number of carbonyl (C=O) groups is 1. The van der Waals surface area contributed by atoms with Gasteiger partial charge in [-0.25, -0.2) is 0 Å². The monoisotopic (exact) mass is 221 g/mol. The van der Waals surface area contributed by atoms with E-state index in [2.05, 4.69) is 17.2 Å². The Bertz CT molecular complexity index is 404. The van der Waals surface area contributed by atoms with Crippen molar-refractivity contribution in [3.05, 3.63) is 35.4 Å². The van der Waals surface area contributed by atoms with Gasteiger partial charge in [0.15, 0.2) is 0 Å². The maximum absolute atomic E-state index is 11.6. The summed E-state index contributed by atoms with van der Waals surface area (Å²) < 4.78 is 0. The SMILES string of the molecule is CC#CCNC(=O)c1cccc(CCl)c1. The van der Waals surface area contributed by atoms with Gasteiger partial charge in [0.05, 0.1) is 6.54 Å². The van der Waals surface area contributed by atoms with E-state index in [1.807, 2.05) is 12.1 Å². The molecule has 3 heteroatoms. The zero-order valence-electron chi connectivity index (χ0n) is 8.51. The molecule has 15 heavy (non-hydrogen) atoms. The molecule has 0 radical (unpaired) electrons. The summed E-state index contributed by atoms with van der Waals surface area (Å²) in [7, 11) is 0. The minimum absolute atomic E-state index is 0.121. The Hall–Kier alpha value is -1.46. The van der Waals surface area contributed by atoms with Crippen LogP contribution in [0.15, 0.2) is 24.3 Å². The van der Waals surface area contributed by atoms with Gasteiger partial charge in [-0.3, -0.25) is 4.79 Å². The number of rotatable bonds is 3. The van der Waals surface area contributed by atoms with E-state index in [1.54, 1.807) is 19.1 Å². The smallest absolute Gasteiger partial charge is 0.252 e. The van der Waals surface area contributed by atoms with Crippen LogP contribution < -0.4 is 5.32 Å². The summed E-state index contributed by atoms with van der Waals surface area (Å²) in [6.07, 6.45) is 0. The van der Waals surface area contributed by atoms with Crippen LogP contribution in [0, 0.1) is 11.8 Å². The number of amides is 1. The molecule has 0 fully saturated rings. The van der Waals surface area contributed by atoms with Crippen LogP contribution in [-0.2, 0) is 5.88 Å². The molecule has 1 rings (SSSR count). The van der Waals surface area contributed by atoms with E-state index in [0.717, 1.165) is 5.56 Å². The van der Waals surface area contributed by atoms with Crippen LogP contribution in [0.3, 0.4) is 0 Å². The van der Waals surface area contributed by atoms with Crippen molar-refractivity contribution in [3.63, 3.8) is 0 Å². The lowest BCUT2D eigenvalue weighted by atomic mass is 10.1. The third-order valence-electron chi connectivity index (χ3n) is 1.86. The van der Waals surface area contributed by atoms with Crippen molar-refractivity contribution in [2.24, 2.45) is 0 Å². The molecule has 0 saturated carbocycles. The van der Waals surface area contributed by atoms with Crippen molar-refractivity contribution in [2.45, 2.75) is 12.8 Å². The highest BCUT2D eigenvalue weighted by atomic mass is 35.5. The first-order chi connectivity index (χ1) is 7.27. The number of nitrogens with one attached hydrogen (secondary N) is 1. The number of benzene rings is 1. The molecule has 0 heterocycles. The van der Waals surface area contributed by atoms with Gasteiger partial charge in [-0.2, -0.15) is 0 Å². The summed E-state index contributed by atoms with van der Waals surface area (Å²) in [4.78, 5) is 11.6. The van der Waals surface area contributed by atoms with Crippen molar-refractivity contribution in [1.82, 2.24) is 5.32 Å². The van der Waals surface area contributed by atoms with Crippen LogP contribution in [0.2, 0.25) is 0 Å². The third kappa shape index (κ3) is 3.65. The Labute approximate surface area is 94.6 Å². The maximum Gasteiger partial charge on any atom is 0.252 e. The van der Waals surface area contributed by atoms with Crippen molar-refractivity contribution in [3.8, 4) is 11.8 Å². The van der Waals surface area contributed by atoms with E-state index in [4.69, 9.17) is 11.6 Å². The second kappa shape index (κ2) is 6.10. The topological polar surface area (TPSA) is 29.1 Å². The van der Waals surface area contributed by atoms with E-state index < -0.39 is 0 Å². The summed E-state index contributed by atoms with van der Waals surface area (Å²) >= 11 is 5.68. The normalized spacial score (nSPS) is 8.93. The van der Waals surface area contributed by atoms with Crippen LogP contribution >= 0.6 is 11.6 Å². The lowest BCUT2D eigenvalue weighted by Gasteiger charge is -2.02. The molecular formula is C12H12ClNO. The van der Waals surface area contributed by atoms with Crippen LogP contribution in [0.5, 0.6) is 0 Å². The van der Waals surface area contributed by atoms with Gasteiger partial charge < -0.3 is 5.32 Å². The molecular weight excluding hydrogens is 210 g/mol.